The third-order valence-electron chi connectivity index (χ3n) is 3.57. The van der Waals surface area contributed by atoms with Gasteiger partial charge in [-0.15, -0.1) is 0 Å². The zero-order valence-corrected chi connectivity index (χ0v) is 9.41. The van der Waals surface area contributed by atoms with Crippen LogP contribution in [-0.2, 0) is 4.79 Å². The lowest BCUT2D eigenvalue weighted by atomic mass is 10.1. The van der Waals surface area contributed by atoms with Gasteiger partial charge in [-0.3, -0.25) is 9.69 Å². The van der Waals surface area contributed by atoms with E-state index in [0.29, 0.717) is 6.04 Å². The summed E-state index contributed by atoms with van der Waals surface area (Å²) in [6, 6.07) is 0.687. The van der Waals surface area contributed by atoms with Gasteiger partial charge in [-0.2, -0.15) is 0 Å². The molecule has 2 rings (SSSR count). The van der Waals surface area contributed by atoms with Crippen LogP contribution in [-0.4, -0.2) is 42.0 Å². The molecule has 1 aliphatic heterocycles. The minimum atomic E-state index is -0.00889. The molecule has 1 atom stereocenters. The van der Waals surface area contributed by atoms with Crippen LogP contribution in [0.2, 0.25) is 0 Å². The van der Waals surface area contributed by atoms with E-state index in [4.69, 9.17) is 5.73 Å². The molecule has 2 aliphatic rings. The molecule has 1 saturated heterocycles. The molecule has 1 unspecified atom stereocenters. The van der Waals surface area contributed by atoms with Crippen LogP contribution in [0, 0.1) is 0 Å². The van der Waals surface area contributed by atoms with Crippen molar-refractivity contribution in [2.45, 2.75) is 50.7 Å². The van der Waals surface area contributed by atoms with Crippen LogP contribution in [0.15, 0.2) is 0 Å². The molecule has 0 spiro atoms. The van der Waals surface area contributed by atoms with E-state index in [9.17, 15) is 4.79 Å². The average Bonchev–Trinajstić information content (AvgIpc) is 2.64. The Morgan fingerprint density at radius 1 is 1.40 bits per heavy atom. The van der Waals surface area contributed by atoms with E-state index in [2.05, 4.69) is 10.2 Å². The predicted octanol–water partition coefficient (Wildman–Crippen LogP) is 0.0766. The van der Waals surface area contributed by atoms with Gasteiger partial charge in [-0.05, 0) is 19.8 Å². The molecule has 2 fully saturated rings. The largest absolute Gasteiger partial charge is 0.352 e. The first-order valence-corrected chi connectivity index (χ1v) is 5.97. The molecule has 4 heteroatoms. The van der Waals surface area contributed by atoms with Crippen molar-refractivity contribution in [3.63, 3.8) is 0 Å². The molecule has 1 amide bonds. The fourth-order valence-electron chi connectivity index (χ4n) is 2.42. The van der Waals surface area contributed by atoms with E-state index >= 15 is 0 Å². The van der Waals surface area contributed by atoms with Gasteiger partial charge in [0.05, 0.1) is 6.04 Å². The minimum absolute atomic E-state index is 0.00889. The van der Waals surface area contributed by atoms with Gasteiger partial charge in [0.1, 0.15) is 0 Å². The highest BCUT2D eigenvalue weighted by atomic mass is 16.2. The first kappa shape index (κ1) is 10.9. The van der Waals surface area contributed by atoms with Crippen molar-refractivity contribution in [1.29, 1.82) is 0 Å². The molecule has 0 aromatic heterocycles. The lowest BCUT2D eigenvalue weighted by Gasteiger charge is -2.40. The monoisotopic (exact) mass is 211 g/mol. The molecular formula is C11H21N3O. The molecule has 1 saturated carbocycles. The van der Waals surface area contributed by atoms with E-state index in [1.54, 1.807) is 0 Å². The minimum Gasteiger partial charge on any atom is -0.352 e. The lowest BCUT2D eigenvalue weighted by Crippen LogP contribution is -2.62. The van der Waals surface area contributed by atoms with Gasteiger partial charge < -0.3 is 11.1 Å². The molecular weight excluding hydrogens is 190 g/mol. The maximum atomic E-state index is 11.8. The highest BCUT2D eigenvalue weighted by Crippen LogP contribution is 2.18. The zero-order chi connectivity index (χ0) is 10.8. The summed E-state index contributed by atoms with van der Waals surface area (Å²) in [6.45, 7) is 3.69. The van der Waals surface area contributed by atoms with E-state index in [0.717, 1.165) is 25.9 Å². The van der Waals surface area contributed by atoms with Crippen molar-refractivity contribution < 1.29 is 4.79 Å². The number of rotatable bonds is 3. The number of carbonyl (C=O) groups excluding carboxylic acids is 1. The van der Waals surface area contributed by atoms with Crippen LogP contribution in [0.1, 0.15) is 32.6 Å². The third-order valence-corrected chi connectivity index (χ3v) is 3.57. The molecule has 1 aliphatic carbocycles. The number of carbonyl (C=O) groups is 1. The van der Waals surface area contributed by atoms with Gasteiger partial charge in [0.25, 0.3) is 0 Å². The lowest BCUT2D eigenvalue weighted by molar-refractivity contribution is -0.128. The van der Waals surface area contributed by atoms with Crippen LogP contribution in [0.5, 0.6) is 0 Å². The van der Waals surface area contributed by atoms with Crippen LogP contribution < -0.4 is 11.1 Å². The zero-order valence-electron chi connectivity index (χ0n) is 9.41. The Bertz CT molecular complexity index is 232. The van der Waals surface area contributed by atoms with E-state index < -0.39 is 0 Å². The van der Waals surface area contributed by atoms with E-state index in [1.165, 1.54) is 12.8 Å². The second-order valence-electron chi connectivity index (χ2n) is 4.88. The van der Waals surface area contributed by atoms with Gasteiger partial charge >= 0.3 is 0 Å². The Hall–Kier alpha value is -0.610. The number of hydrogen-bond donors (Lipinski definition) is 2. The Kier molecular flexibility index (Phi) is 3.26. The molecule has 0 radical (unpaired) electrons. The summed E-state index contributed by atoms with van der Waals surface area (Å²) in [5, 5.41) is 3.12. The number of likely N-dealkylation sites (tertiary alicyclic amines) is 1. The Balaban J connectivity index is 1.74. The summed E-state index contributed by atoms with van der Waals surface area (Å²) in [5.74, 6) is 0.175. The molecule has 86 valence electrons. The number of nitrogens with one attached hydrogen (secondary N) is 1. The van der Waals surface area contributed by atoms with Crippen molar-refractivity contribution in [2.24, 2.45) is 5.73 Å². The second kappa shape index (κ2) is 4.49. The fourth-order valence-corrected chi connectivity index (χ4v) is 2.42. The Morgan fingerprint density at radius 2 is 2.00 bits per heavy atom. The van der Waals surface area contributed by atoms with Gasteiger partial charge in [-0.1, -0.05) is 12.8 Å². The summed E-state index contributed by atoms with van der Waals surface area (Å²) in [4.78, 5) is 14.0. The quantitative estimate of drug-likeness (QED) is 0.695. The third kappa shape index (κ3) is 2.49. The Morgan fingerprint density at radius 3 is 2.53 bits per heavy atom. The van der Waals surface area contributed by atoms with Crippen LogP contribution >= 0.6 is 0 Å². The summed E-state index contributed by atoms with van der Waals surface area (Å²) in [5.41, 5.74) is 5.70. The van der Waals surface area contributed by atoms with Gasteiger partial charge in [0, 0.05) is 25.2 Å². The van der Waals surface area contributed by atoms with Gasteiger partial charge in [-0.25, -0.2) is 0 Å². The molecule has 0 aromatic rings. The van der Waals surface area contributed by atoms with Crippen molar-refractivity contribution in [1.82, 2.24) is 10.2 Å². The molecule has 0 aromatic carbocycles. The molecule has 4 nitrogen and oxygen atoms in total. The van der Waals surface area contributed by atoms with Crippen molar-refractivity contribution in [3.8, 4) is 0 Å². The first-order chi connectivity index (χ1) is 7.16. The average molecular weight is 211 g/mol. The number of nitrogens with zero attached hydrogens (tertiary/aromatic N) is 1. The highest BCUT2D eigenvalue weighted by Gasteiger charge is 2.32. The number of nitrogens with two attached hydrogens (primary N) is 1. The predicted molar refractivity (Wildman–Crippen MR) is 59.4 cm³/mol. The first-order valence-electron chi connectivity index (χ1n) is 5.97. The van der Waals surface area contributed by atoms with Crippen LogP contribution in [0.25, 0.3) is 0 Å². The van der Waals surface area contributed by atoms with Gasteiger partial charge in [0.2, 0.25) is 5.91 Å². The standard InChI is InChI=1S/C11H21N3O/c1-8(14-6-9(12)7-14)11(15)13-10-4-2-3-5-10/h8-10H,2-7,12H2,1H3,(H,13,15). The normalized spacial score (nSPS) is 26.3. The van der Waals surface area contributed by atoms with Crippen molar-refractivity contribution >= 4 is 5.91 Å². The summed E-state index contributed by atoms with van der Waals surface area (Å²) >= 11 is 0. The van der Waals surface area contributed by atoms with Crippen LogP contribution in [0.3, 0.4) is 0 Å². The fraction of sp³-hybridized carbons (Fsp3) is 0.909. The Labute approximate surface area is 91.2 Å². The molecule has 3 N–H and O–H groups in total. The topological polar surface area (TPSA) is 58.4 Å². The smallest absolute Gasteiger partial charge is 0.237 e. The molecule has 0 bridgehead atoms. The highest BCUT2D eigenvalue weighted by molar-refractivity contribution is 5.81. The van der Waals surface area contributed by atoms with Crippen molar-refractivity contribution in [3.05, 3.63) is 0 Å². The van der Waals surface area contributed by atoms with E-state index in [-0.39, 0.29) is 18.0 Å². The van der Waals surface area contributed by atoms with Gasteiger partial charge in [0.15, 0.2) is 0 Å². The molecule has 1 heterocycles. The molecule has 15 heavy (non-hydrogen) atoms. The summed E-state index contributed by atoms with van der Waals surface area (Å²) in [7, 11) is 0. The summed E-state index contributed by atoms with van der Waals surface area (Å²) < 4.78 is 0. The maximum absolute atomic E-state index is 11.8. The van der Waals surface area contributed by atoms with Crippen molar-refractivity contribution in [2.75, 3.05) is 13.1 Å². The maximum Gasteiger partial charge on any atom is 0.237 e. The SMILES string of the molecule is CC(C(=O)NC1CCCC1)N1CC(N)C1. The van der Waals surface area contributed by atoms with Crippen LogP contribution in [0.4, 0.5) is 0 Å². The number of amides is 1. The van der Waals surface area contributed by atoms with E-state index in [1.807, 2.05) is 6.92 Å². The second-order valence-corrected chi connectivity index (χ2v) is 4.88. The summed E-state index contributed by atoms with van der Waals surface area (Å²) in [6.07, 6.45) is 4.82. The number of hydrogen-bond acceptors (Lipinski definition) is 3.